The van der Waals surface area contributed by atoms with Gasteiger partial charge in [0.1, 0.15) is 6.07 Å². The van der Waals surface area contributed by atoms with Crippen molar-refractivity contribution in [2.24, 2.45) is 0 Å². The Morgan fingerprint density at radius 2 is 1.80 bits per heavy atom. The van der Waals surface area contributed by atoms with E-state index in [9.17, 15) is 5.26 Å². The summed E-state index contributed by atoms with van der Waals surface area (Å²) in [5, 5.41) is 10.3. The van der Waals surface area contributed by atoms with E-state index in [0.29, 0.717) is 11.3 Å². The van der Waals surface area contributed by atoms with Crippen LogP contribution in [0.2, 0.25) is 0 Å². The van der Waals surface area contributed by atoms with Gasteiger partial charge < -0.3 is 0 Å². The standard InChI is InChI=1S/C15H7Br2N3/c16-10-3-1-9(2-4-10)15-12(7-18)14(17)11-5-6-19-8-13(11)20-15/h1-6,8H. The van der Waals surface area contributed by atoms with E-state index in [2.05, 4.69) is 47.9 Å². The molecule has 0 spiro atoms. The van der Waals surface area contributed by atoms with E-state index in [0.717, 1.165) is 25.4 Å². The van der Waals surface area contributed by atoms with Crippen LogP contribution in [-0.2, 0) is 0 Å². The number of aromatic nitrogens is 2. The predicted molar refractivity (Wildman–Crippen MR) is 85.1 cm³/mol. The molecule has 0 radical (unpaired) electrons. The Bertz CT molecular complexity index is 836. The molecule has 20 heavy (non-hydrogen) atoms. The van der Waals surface area contributed by atoms with Gasteiger partial charge in [0.25, 0.3) is 0 Å². The summed E-state index contributed by atoms with van der Waals surface area (Å²) in [6.07, 6.45) is 3.39. The van der Waals surface area contributed by atoms with E-state index < -0.39 is 0 Å². The summed E-state index contributed by atoms with van der Waals surface area (Å²) in [7, 11) is 0. The number of halogens is 2. The van der Waals surface area contributed by atoms with Gasteiger partial charge in [0.15, 0.2) is 0 Å². The van der Waals surface area contributed by atoms with Gasteiger partial charge in [0.05, 0.1) is 23.0 Å². The highest BCUT2D eigenvalue weighted by Gasteiger charge is 2.14. The molecule has 0 aliphatic carbocycles. The van der Waals surface area contributed by atoms with Crippen LogP contribution >= 0.6 is 31.9 Å². The van der Waals surface area contributed by atoms with Gasteiger partial charge in [-0.15, -0.1) is 0 Å². The summed E-state index contributed by atoms with van der Waals surface area (Å²) in [6, 6.07) is 11.8. The Kier molecular flexibility index (Phi) is 3.51. The maximum absolute atomic E-state index is 9.43. The van der Waals surface area contributed by atoms with Crippen molar-refractivity contribution >= 4 is 42.8 Å². The second-order valence-electron chi connectivity index (χ2n) is 4.16. The highest BCUT2D eigenvalue weighted by Crippen LogP contribution is 2.33. The van der Waals surface area contributed by atoms with E-state index >= 15 is 0 Å². The van der Waals surface area contributed by atoms with Crippen LogP contribution in [0.25, 0.3) is 22.2 Å². The van der Waals surface area contributed by atoms with Crippen LogP contribution in [0.3, 0.4) is 0 Å². The van der Waals surface area contributed by atoms with E-state index in [-0.39, 0.29) is 0 Å². The van der Waals surface area contributed by atoms with Crippen molar-refractivity contribution in [1.82, 2.24) is 9.97 Å². The van der Waals surface area contributed by atoms with Gasteiger partial charge in [-0.3, -0.25) is 4.98 Å². The molecule has 2 heterocycles. The van der Waals surface area contributed by atoms with Gasteiger partial charge in [0.2, 0.25) is 0 Å². The number of hydrogen-bond donors (Lipinski definition) is 0. The molecule has 2 aromatic heterocycles. The molecule has 0 saturated heterocycles. The molecule has 0 fully saturated rings. The zero-order valence-electron chi connectivity index (χ0n) is 10.1. The Morgan fingerprint density at radius 3 is 2.50 bits per heavy atom. The Balaban J connectivity index is 2.35. The number of pyridine rings is 2. The lowest BCUT2D eigenvalue weighted by molar-refractivity contribution is 1.29. The summed E-state index contributed by atoms with van der Waals surface area (Å²) in [5.74, 6) is 0. The lowest BCUT2D eigenvalue weighted by atomic mass is 10.0. The summed E-state index contributed by atoms with van der Waals surface area (Å²) in [6.45, 7) is 0. The molecule has 1 aromatic carbocycles. The first-order valence-corrected chi connectivity index (χ1v) is 7.38. The maximum atomic E-state index is 9.43. The third kappa shape index (κ3) is 2.21. The largest absolute Gasteiger partial charge is 0.262 e. The molecule has 3 aromatic rings. The molecule has 0 amide bonds. The first kappa shape index (κ1) is 13.2. The molecule has 0 saturated carbocycles. The smallest absolute Gasteiger partial charge is 0.103 e. The molecule has 96 valence electrons. The number of rotatable bonds is 1. The molecule has 0 aliphatic heterocycles. The minimum atomic E-state index is 0.533. The van der Waals surface area contributed by atoms with Crippen LogP contribution in [-0.4, -0.2) is 9.97 Å². The summed E-state index contributed by atoms with van der Waals surface area (Å²) >= 11 is 6.91. The SMILES string of the molecule is N#Cc1c(-c2ccc(Br)cc2)nc2cnccc2c1Br. The van der Waals surface area contributed by atoms with Crippen molar-refractivity contribution in [3.63, 3.8) is 0 Å². The van der Waals surface area contributed by atoms with Gasteiger partial charge in [0, 0.05) is 26.1 Å². The van der Waals surface area contributed by atoms with Gasteiger partial charge >= 0.3 is 0 Å². The van der Waals surface area contributed by atoms with Gasteiger partial charge in [-0.1, -0.05) is 28.1 Å². The fourth-order valence-corrected chi connectivity index (χ4v) is 2.87. The third-order valence-corrected chi connectivity index (χ3v) is 4.31. The number of hydrogen-bond acceptors (Lipinski definition) is 3. The second kappa shape index (κ2) is 5.31. The van der Waals surface area contributed by atoms with Crippen molar-refractivity contribution in [3.8, 4) is 17.3 Å². The predicted octanol–water partition coefficient (Wildman–Crippen LogP) is 4.69. The van der Waals surface area contributed by atoms with Crippen molar-refractivity contribution in [2.45, 2.75) is 0 Å². The van der Waals surface area contributed by atoms with Gasteiger partial charge in [-0.25, -0.2) is 4.98 Å². The quantitative estimate of drug-likeness (QED) is 0.607. The summed E-state index contributed by atoms with van der Waals surface area (Å²) < 4.78 is 1.74. The molecule has 3 rings (SSSR count). The molecule has 0 unspecified atom stereocenters. The first-order chi connectivity index (χ1) is 9.70. The fourth-order valence-electron chi connectivity index (χ4n) is 1.99. The monoisotopic (exact) mass is 387 g/mol. The molecule has 0 bridgehead atoms. The lowest BCUT2D eigenvalue weighted by Crippen LogP contribution is -1.93. The minimum absolute atomic E-state index is 0.533. The molecular formula is C15H7Br2N3. The number of benzene rings is 1. The fraction of sp³-hybridized carbons (Fsp3) is 0. The minimum Gasteiger partial charge on any atom is -0.262 e. The van der Waals surface area contributed by atoms with Gasteiger partial charge in [-0.2, -0.15) is 5.26 Å². The highest BCUT2D eigenvalue weighted by atomic mass is 79.9. The average Bonchev–Trinajstić information content (AvgIpc) is 2.48. The molecular weight excluding hydrogens is 382 g/mol. The van der Waals surface area contributed by atoms with Gasteiger partial charge in [-0.05, 0) is 34.1 Å². The summed E-state index contributed by atoms with van der Waals surface area (Å²) in [4.78, 5) is 8.66. The molecule has 0 aliphatic rings. The highest BCUT2D eigenvalue weighted by molar-refractivity contribution is 9.11. The van der Waals surface area contributed by atoms with Crippen LogP contribution in [0.5, 0.6) is 0 Å². The van der Waals surface area contributed by atoms with Crippen LogP contribution < -0.4 is 0 Å². The molecule has 0 N–H and O–H groups in total. The van der Waals surface area contributed by atoms with Crippen molar-refractivity contribution < 1.29 is 0 Å². The third-order valence-electron chi connectivity index (χ3n) is 2.95. The van der Waals surface area contributed by atoms with Crippen LogP contribution in [0.4, 0.5) is 0 Å². The van der Waals surface area contributed by atoms with Crippen molar-refractivity contribution in [2.75, 3.05) is 0 Å². The molecule has 5 heteroatoms. The Hall–Kier alpha value is -1.77. The zero-order chi connectivity index (χ0) is 14.1. The van der Waals surface area contributed by atoms with Crippen molar-refractivity contribution in [3.05, 3.63) is 57.2 Å². The normalized spacial score (nSPS) is 10.4. The lowest BCUT2D eigenvalue weighted by Gasteiger charge is -2.08. The van der Waals surface area contributed by atoms with Crippen LogP contribution in [0, 0.1) is 11.3 Å². The molecule has 0 atom stereocenters. The maximum Gasteiger partial charge on any atom is 0.103 e. The Labute approximate surface area is 132 Å². The van der Waals surface area contributed by atoms with Crippen molar-refractivity contribution in [1.29, 1.82) is 5.26 Å². The van der Waals surface area contributed by atoms with Crippen LogP contribution in [0.1, 0.15) is 5.56 Å². The average molecular weight is 389 g/mol. The number of nitriles is 1. The Morgan fingerprint density at radius 1 is 1.05 bits per heavy atom. The van der Waals surface area contributed by atoms with E-state index in [4.69, 9.17) is 0 Å². The van der Waals surface area contributed by atoms with Crippen LogP contribution in [0.15, 0.2) is 51.7 Å². The number of fused-ring (bicyclic) bond motifs is 1. The van der Waals surface area contributed by atoms with E-state index in [1.54, 1.807) is 12.4 Å². The topological polar surface area (TPSA) is 49.6 Å². The van der Waals surface area contributed by atoms with E-state index in [1.807, 2.05) is 30.3 Å². The van der Waals surface area contributed by atoms with E-state index in [1.165, 1.54) is 0 Å². The second-order valence-corrected chi connectivity index (χ2v) is 5.87. The number of nitrogens with zero attached hydrogens (tertiary/aromatic N) is 3. The summed E-state index contributed by atoms with van der Waals surface area (Å²) in [5.41, 5.74) is 2.85. The molecule has 3 nitrogen and oxygen atoms in total. The zero-order valence-corrected chi connectivity index (χ0v) is 13.3. The first-order valence-electron chi connectivity index (χ1n) is 5.80.